The summed E-state index contributed by atoms with van der Waals surface area (Å²) in [5.74, 6) is -0.737. The van der Waals surface area contributed by atoms with E-state index in [4.69, 9.17) is 19.9 Å². The lowest BCUT2D eigenvalue weighted by atomic mass is 9.76. The van der Waals surface area contributed by atoms with Gasteiger partial charge in [-0.05, 0) is 78.7 Å². The Balaban J connectivity index is 1.69. The summed E-state index contributed by atoms with van der Waals surface area (Å²) in [5, 5.41) is 2.91. The Labute approximate surface area is 256 Å². The molecule has 44 heavy (non-hydrogen) atoms. The number of likely N-dealkylation sites (tertiary alicyclic amines) is 1. The van der Waals surface area contributed by atoms with Crippen LogP contribution in [-0.4, -0.2) is 50.0 Å². The summed E-state index contributed by atoms with van der Waals surface area (Å²) in [5.41, 5.74) is 9.42. The summed E-state index contributed by atoms with van der Waals surface area (Å²) in [6, 6.07) is 25.9. The first-order valence-corrected chi connectivity index (χ1v) is 14.2. The van der Waals surface area contributed by atoms with Crippen molar-refractivity contribution in [3.8, 4) is 17.2 Å². The van der Waals surface area contributed by atoms with E-state index in [1.54, 1.807) is 82.0 Å². The van der Waals surface area contributed by atoms with E-state index in [0.717, 1.165) is 5.56 Å². The van der Waals surface area contributed by atoms with Crippen LogP contribution in [0.4, 0.5) is 10.5 Å². The Morgan fingerprint density at radius 2 is 1.16 bits per heavy atom. The lowest BCUT2D eigenvalue weighted by molar-refractivity contribution is -0.122. The van der Waals surface area contributed by atoms with E-state index in [-0.39, 0.29) is 5.78 Å². The monoisotopic (exact) mass is 593 g/mol. The standard InChI is InChI=1S/C35H35N3O6/c1-21-5-7-23(8-6-21)31-30(33(39)24-11-17-27(43-3)18-12-24)29(22-9-15-26(42-2)16-10-22)32(34(36)40)38(31)35(41)37-25-13-19-28(44-4)20-14-25/h5-20,29-32H,1-4H3,(H2,36,40)(H,37,41). The number of Topliss-reactive ketones (excluding diaryl/α,β-unsaturated/α-hetero) is 1. The number of hydrogen-bond donors (Lipinski definition) is 2. The van der Waals surface area contributed by atoms with Crippen molar-refractivity contribution in [3.05, 3.63) is 119 Å². The average molecular weight is 594 g/mol. The Morgan fingerprint density at radius 3 is 1.66 bits per heavy atom. The van der Waals surface area contributed by atoms with Gasteiger partial charge in [-0.1, -0.05) is 42.0 Å². The van der Waals surface area contributed by atoms with Crippen LogP contribution in [0, 0.1) is 12.8 Å². The molecule has 9 heteroatoms. The number of hydrogen-bond acceptors (Lipinski definition) is 6. The smallest absolute Gasteiger partial charge is 0.323 e. The lowest BCUT2D eigenvalue weighted by Gasteiger charge is -2.31. The molecule has 226 valence electrons. The summed E-state index contributed by atoms with van der Waals surface area (Å²) >= 11 is 0. The van der Waals surface area contributed by atoms with Gasteiger partial charge in [0.05, 0.1) is 33.3 Å². The zero-order chi connectivity index (χ0) is 31.4. The predicted octanol–water partition coefficient (Wildman–Crippen LogP) is 5.75. The number of urea groups is 1. The number of aryl methyl sites for hydroxylation is 1. The van der Waals surface area contributed by atoms with Crippen molar-refractivity contribution >= 4 is 23.4 Å². The van der Waals surface area contributed by atoms with Gasteiger partial charge >= 0.3 is 6.03 Å². The topological polar surface area (TPSA) is 120 Å². The quantitative estimate of drug-likeness (QED) is 0.239. The minimum absolute atomic E-state index is 0.231. The molecule has 0 saturated carbocycles. The third kappa shape index (κ3) is 5.94. The largest absolute Gasteiger partial charge is 0.497 e. The summed E-state index contributed by atoms with van der Waals surface area (Å²) in [7, 11) is 4.67. The second-order valence-electron chi connectivity index (χ2n) is 10.7. The highest BCUT2D eigenvalue weighted by molar-refractivity contribution is 6.03. The molecule has 4 aromatic rings. The van der Waals surface area contributed by atoms with Crippen molar-refractivity contribution < 1.29 is 28.6 Å². The number of primary amides is 1. The third-order valence-corrected chi connectivity index (χ3v) is 8.13. The number of nitrogens with zero attached hydrogens (tertiary/aromatic N) is 1. The molecule has 3 amide bonds. The first kappa shape index (κ1) is 30.2. The number of anilines is 1. The molecule has 3 N–H and O–H groups in total. The predicted molar refractivity (Wildman–Crippen MR) is 167 cm³/mol. The number of ether oxygens (including phenoxy) is 3. The minimum atomic E-state index is -1.15. The van der Waals surface area contributed by atoms with Crippen LogP contribution in [0.15, 0.2) is 97.1 Å². The molecule has 0 aliphatic carbocycles. The minimum Gasteiger partial charge on any atom is -0.497 e. The molecule has 0 radical (unpaired) electrons. The molecule has 1 saturated heterocycles. The number of methoxy groups -OCH3 is 3. The van der Waals surface area contributed by atoms with Crippen LogP contribution >= 0.6 is 0 Å². The van der Waals surface area contributed by atoms with Crippen LogP contribution in [-0.2, 0) is 4.79 Å². The maximum Gasteiger partial charge on any atom is 0.323 e. The van der Waals surface area contributed by atoms with E-state index in [0.29, 0.717) is 39.6 Å². The number of amides is 3. The number of ketones is 1. The summed E-state index contributed by atoms with van der Waals surface area (Å²) < 4.78 is 15.9. The van der Waals surface area contributed by atoms with Gasteiger partial charge in [0.2, 0.25) is 5.91 Å². The molecule has 1 aliphatic heterocycles. The number of carbonyl (C=O) groups is 3. The van der Waals surface area contributed by atoms with Crippen LogP contribution in [0.25, 0.3) is 0 Å². The molecular weight excluding hydrogens is 558 g/mol. The molecule has 1 fully saturated rings. The van der Waals surface area contributed by atoms with E-state index >= 15 is 0 Å². The SMILES string of the molecule is COc1ccc(NC(=O)N2C(C(N)=O)C(c3ccc(OC)cc3)C(C(=O)c3ccc(OC)cc3)C2c2ccc(C)cc2)cc1. The van der Waals surface area contributed by atoms with E-state index in [1.165, 1.54) is 4.90 Å². The van der Waals surface area contributed by atoms with Gasteiger partial charge in [-0.15, -0.1) is 0 Å². The van der Waals surface area contributed by atoms with Gasteiger partial charge in [0.25, 0.3) is 0 Å². The van der Waals surface area contributed by atoms with Crippen molar-refractivity contribution in [3.63, 3.8) is 0 Å². The summed E-state index contributed by atoms with van der Waals surface area (Å²) in [6.45, 7) is 1.96. The zero-order valence-electron chi connectivity index (χ0n) is 25.0. The number of benzene rings is 4. The van der Waals surface area contributed by atoms with Gasteiger partial charge in [-0.3, -0.25) is 9.59 Å². The Hall–Kier alpha value is -5.31. The maximum absolute atomic E-state index is 14.6. The molecule has 0 spiro atoms. The van der Waals surface area contributed by atoms with Crippen LogP contribution in [0.1, 0.15) is 39.0 Å². The van der Waals surface area contributed by atoms with E-state index in [2.05, 4.69) is 5.32 Å². The molecule has 0 aromatic heterocycles. The molecule has 4 atom stereocenters. The highest BCUT2D eigenvalue weighted by atomic mass is 16.5. The van der Waals surface area contributed by atoms with Crippen molar-refractivity contribution in [2.45, 2.75) is 24.9 Å². The van der Waals surface area contributed by atoms with Gasteiger partial charge in [-0.25, -0.2) is 4.79 Å². The highest BCUT2D eigenvalue weighted by Gasteiger charge is 2.57. The van der Waals surface area contributed by atoms with Crippen LogP contribution in [0.2, 0.25) is 0 Å². The number of nitrogens with one attached hydrogen (secondary N) is 1. The highest BCUT2D eigenvalue weighted by Crippen LogP contribution is 2.51. The fraction of sp³-hybridized carbons (Fsp3) is 0.229. The Bertz CT molecular complexity index is 1620. The first-order valence-electron chi connectivity index (χ1n) is 14.2. The van der Waals surface area contributed by atoms with E-state index < -0.39 is 35.9 Å². The molecule has 1 heterocycles. The van der Waals surface area contributed by atoms with Crippen molar-refractivity contribution in [2.24, 2.45) is 11.7 Å². The zero-order valence-corrected chi connectivity index (χ0v) is 25.0. The van der Waals surface area contributed by atoms with Gasteiger partial charge in [0.15, 0.2) is 5.78 Å². The van der Waals surface area contributed by atoms with Crippen molar-refractivity contribution in [1.29, 1.82) is 0 Å². The molecular formula is C35H35N3O6. The number of rotatable bonds is 9. The van der Waals surface area contributed by atoms with Crippen LogP contribution in [0.3, 0.4) is 0 Å². The van der Waals surface area contributed by atoms with Crippen molar-refractivity contribution in [1.82, 2.24) is 4.90 Å². The van der Waals surface area contributed by atoms with E-state index in [9.17, 15) is 14.4 Å². The number of nitrogens with two attached hydrogens (primary N) is 1. The fourth-order valence-electron chi connectivity index (χ4n) is 5.94. The molecule has 9 nitrogen and oxygen atoms in total. The average Bonchev–Trinajstić information content (AvgIpc) is 3.42. The molecule has 1 aliphatic rings. The van der Waals surface area contributed by atoms with Gasteiger partial charge < -0.3 is 30.2 Å². The fourth-order valence-corrected chi connectivity index (χ4v) is 5.94. The van der Waals surface area contributed by atoms with Crippen LogP contribution < -0.4 is 25.3 Å². The second kappa shape index (κ2) is 12.9. The van der Waals surface area contributed by atoms with Crippen LogP contribution in [0.5, 0.6) is 17.2 Å². The number of carbonyl (C=O) groups excluding carboxylic acids is 3. The molecule has 4 aromatic carbocycles. The first-order chi connectivity index (χ1) is 21.2. The normalized spacial score (nSPS) is 19.2. The van der Waals surface area contributed by atoms with Gasteiger partial charge in [0.1, 0.15) is 23.3 Å². The third-order valence-electron chi connectivity index (χ3n) is 8.13. The lowest BCUT2D eigenvalue weighted by Crippen LogP contribution is -2.48. The molecule has 0 bridgehead atoms. The molecule has 4 unspecified atom stereocenters. The van der Waals surface area contributed by atoms with E-state index in [1.807, 2.05) is 43.3 Å². The Morgan fingerprint density at radius 1 is 0.682 bits per heavy atom. The van der Waals surface area contributed by atoms with Gasteiger partial charge in [0, 0.05) is 17.2 Å². The van der Waals surface area contributed by atoms with Gasteiger partial charge in [-0.2, -0.15) is 0 Å². The summed E-state index contributed by atoms with van der Waals surface area (Å²) in [6.07, 6.45) is 0. The summed E-state index contributed by atoms with van der Waals surface area (Å²) in [4.78, 5) is 43.6. The second-order valence-corrected chi connectivity index (χ2v) is 10.7. The maximum atomic E-state index is 14.6. The van der Waals surface area contributed by atoms with Crippen molar-refractivity contribution in [2.75, 3.05) is 26.6 Å². The molecule has 5 rings (SSSR count). The Kier molecular flexibility index (Phi) is 8.85.